The van der Waals surface area contributed by atoms with Crippen LogP contribution in [0.1, 0.15) is 27.2 Å². The van der Waals surface area contributed by atoms with Crippen LogP contribution in [-0.4, -0.2) is 120 Å². The van der Waals surface area contributed by atoms with Gasteiger partial charge in [-0.1, -0.05) is 0 Å². The third-order valence-electron chi connectivity index (χ3n) is 8.33. The Kier molecular flexibility index (Phi) is 16.2. The summed E-state index contributed by atoms with van der Waals surface area (Å²) in [7, 11) is -2.46. The van der Waals surface area contributed by atoms with Crippen molar-refractivity contribution in [3.05, 3.63) is 48.1 Å². The first-order chi connectivity index (χ1) is 25.5. The third-order valence-corrected chi connectivity index (χ3v) is 11.6. The number of aromatic nitrogens is 2. The largest absolute Gasteiger partial charge is 0.490 e. The van der Waals surface area contributed by atoms with Crippen molar-refractivity contribution < 1.29 is 46.4 Å². The average Bonchev–Trinajstić information content (AvgIpc) is 3.80. The summed E-state index contributed by atoms with van der Waals surface area (Å²) in [5, 5.41) is 9.88. The molecule has 2 aromatic heterocycles. The van der Waals surface area contributed by atoms with Gasteiger partial charge >= 0.3 is 5.97 Å². The third kappa shape index (κ3) is 11.7. The van der Waals surface area contributed by atoms with E-state index in [2.05, 4.69) is 25.9 Å². The van der Waals surface area contributed by atoms with Gasteiger partial charge in [-0.05, 0) is 57.5 Å². The number of thiazole rings is 1. The molecule has 0 bridgehead atoms. The van der Waals surface area contributed by atoms with E-state index in [0.29, 0.717) is 62.6 Å². The van der Waals surface area contributed by atoms with Crippen LogP contribution in [-0.2, 0) is 43.1 Å². The molecular weight excluding hydrogens is 762 g/mol. The lowest BCUT2D eigenvalue weighted by molar-refractivity contribution is -0.142. The summed E-state index contributed by atoms with van der Waals surface area (Å²) in [4.78, 5) is 32.6. The summed E-state index contributed by atoms with van der Waals surface area (Å²) in [6, 6.07) is 10.4. The number of sulfone groups is 1. The maximum Gasteiger partial charge on any atom is 0.322 e. The fourth-order valence-electron chi connectivity index (χ4n) is 5.48. The molecule has 2 aromatic carbocycles. The molecule has 1 saturated heterocycles. The van der Waals surface area contributed by atoms with Gasteiger partial charge < -0.3 is 44.4 Å². The van der Waals surface area contributed by atoms with Crippen LogP contribution < -0.4 is 20.7 Å². The number of benzene rings is 2. The van der Waals surface area contributed by atoms with Crippen LogP contribution in [0.25, 0.3) is 21.1 Å². The minimum Gasteiger partial charge on any atom is -0.490 e. The molecule has 0 aliphatic carbocycles. The van der Waals surface area contributed by atoms with Gasteiger partial charge in [0.2, 0.25) is 5.91 Å². The number of carbonyl (C=O) groups is 2. The topological polar surface area (TPSA) is 186 Å². The lowest BCUT2D eigenvalue weighted by atomic mass is 10.1. The summed E-state index contributed by atoms with van der Waals surface area (Å²) in [5.74, 6) is -0.392. The number of anilines is 2. The van der Waals surface area contributed by atoms with Crippen LogP contribution in [0.4, 0.5) is 11.4 Å². The smallest absolute Gasteiger partial charge is 0.322 e. The van der Waals surface area contributed by atoms with Gasteiger partial charge in [-0.3, -0.25) is 14.6 Å². The zero-order chi connectivity index (χ0) is 37.8. The second-order valence-electron chi connectivity index (χ2n) is 13.2. The zero-order valence-electron chi connectivity index (χ0n) is 30.8. The minimum absolute atomic E-state index is 0. The second kappa shape index (κ2) is 20.3. The predicted molar refractivity (Wildman–Crippen MR) is 208 cm³/mol. The Balaban J connectivity index is 0.00000650. The highest BCUT2D eigenvalue weighted by Gasteiger charge is 2.34. The summed E-state index contributed by atoms with van der Waals surface area (Å²) in [6.45, 7) is 7.61. The number of nitrogens with zero attached hydrogens (tertiary/aromatic N) is 2. The summed E-state index contributed by atoms with van der Waals surface area (Å²) in [5.41, 5.74) is 4.79. The lowest BCUT2D eigenvalue weighted by Gasteiger charge is -2.22. The first-order valence-corrected chi connectivity index (χ1v) is 19.6. The number of halogens is 1. The number of ether oxygens (including phenoxy) is 6. The number of hydrogen-bond acceptors (Lipinski definition) is 15. The summed E-state index contributed by atoms with van der Waals surface area (Å²) < 4.78 is 60.2. The van der Waals surface area contributed by atoms with Gasteiger partial charge in [-0.25, -0.2) is 13.4 Å². The molecule has 3 heterocycles. The Labute approximate surface area is 325 Å². The van der Waals surface area contributed by atoms with E-state index in [-0.39, 0.29) is 67.4 Å². The number of hydrogen-bond donors (Lipinski definition) is 3. The SMILES string of the molecule is COC(=O)[C@@H]1C[C@H](NC(=O)COCCOCCOCCOCCOc2cc3nccc(Nc4ccc5scnc5c4)c3cc2S(=O)(=O)C(C)(C)C)CN1.Cl. The first-order valence-electron chi connectivity index (χ1n) is 17.3. The molecular formula is C36H48ClN5O10S2. The fourth-order valence-corrected chi connectivity index (χ4v) is 7.45. The van der Waals surface area contributed by atoms with Gasteiger partial charge in [0.25, 0.3) is 0 Å². The van der Waals surface area contributed by atoms with Gasteiger partial charge in [-0.2, -0.15) is 0 Å². The normalized spacial score (nSPS) is 15.9. The molecule has 2 atom stereocenters. The number of carbonyl (C=O) groups excluding carboxylic acids is 2. The van der Waals surface area contributed by atoms with Crippen LogP contribution in [0.2, 0.25) is 0 Å². The molecule has 1 aliphatic heterocycles. The molecule has 296 valence electrons. The molecule has 0 radical (unpaired) electrons. The molecule has 0 spiro atoms. The highest BCUT2D eigenvalue weighted by atomic mass is 35.5. The Morgan fingerprint density at radius 2 is 1.59 bits per heavy atom. The Bertz CT molecular complexity index is 1960. The number of pyridine rings is 1. The van der Waals surface area contributed by atoms with Crippen LogP contribution in [0.3, 0.4) is 0 Å². The van der Waals surface area contributed by atoms with Crippen molar-refractivity contribution in [2.75, 3.05) is 78.4 Å². The Morgan fingerprint density at radius 3 is 2.28 bits per heavy atom. The molecule has 54 heavy (non-hydrogen) atoms. The maximum atomic E-state index is 13.7. The van der Waals surface area contributed by atoms with Crippen molar-refractivity contribution in [2.24, 2.45) is 0 Å². The Morgan fingerprint density at radius 1 is 0.907 bits per heavy atom. The number of esters is 1. The van der Waals surface area contributed by atoms with Gasteiger partial charge in [-0.15, -0.1) is 23.7 Å². The predicted octanol–water partition coefficient (Wildman–Crippen LogP) is 4.05. The van der Waals surface area contributed by atoms with Crippen LogP contribution in [0.5, 0.6) is 5.75 Å². The highest BCUT2D eigenvalue weighted by molar-refractivity contribution is 7.92. The van der Waals surface area contributed by atoms with Crippen LogP contribution >= 0.6 is 23.7 Å². The van der Waals surface area contributed by atoms with Crippen LogP contribution in [0, 0.1) is 0 Å². The molecule has 1 amide bonds. The van der Waals surface area contributed by atoms with Crippen LogP contribution in [0.15, 0.2) is 53.0 Å². The molecule has 3 N–H and O–H groups in total. The number of rotatable bonds is 20. The second-order valence-corrected chi connectivity index (χ2v) is 16.7. The van der Waals surface area contributed by atoms with Crippen molar-refractivity contribution in [3.63, 3.8) is 0 Å². The fraction of sp³-hybridized carbons (Fsp3) is 0.500. The molecule has 0 unspecified atom stereocenters. The van der Waals surface area contributed by atoms with Crippen molar-refractivity contribution in [1.82, 2.24) is 20.6 Å². The first kappa shape index (κ1) is 43.1. The molecule has 18 heteroatoms. The summed E-state index contributed by atoms with van der Waals surface area (Å²) in [6.07, 6.45) is 2.14. The standard InChI is InChI=1S/C36H47N5O10S2.ClH/c1-36(2,3)53(44,45)33-19-26-27(40-24-5-6-32-29(17-24)39-23-52-32)7-8-37-28(26)20-31(33)51-16-15-49-12-11-47-9-10-48-13-14-50-22-34(42)41-25-18-30(38-21-25)35(43)46-4;/h5-8,17,19-20,23,25,30,38H,9-16,18,21-22H2,1-4H3,(H,37,40)(H,41,42);1H/t25-,30-;/m0./s1. The monoisotopic (exact) mass is 809 g/mol. The van der Waals surface area contributed by atoms with Crippen molar-refractivity contribution in [1.29, 1.82) is 0 Å². The number of nitrogens with one attached hydrogen (secondary N) is 3. The lowest BCUT2D eigenvalue weighted by Crippen LogP contribution is -2.38. The van der Waals surface area contributed by atoms with Crippen molar-refractivity contribution in [2.45, 2.75) is 48.9 Å². The van der Waals surface area contributed by atoms with E-state index in [1.54, 1.807) is 55.9 Å². The van der Waals surface area contributed by atoms with E-state index in [0.717, 1.165) is 15.9 Å². The van der Waals surface area contributed by atoms with E-state index >= 15 is 0 Å². The molecule has 0 saturated carbocycles. The maximum absolute atomic E-state index is 13.7. The number of methoxy groups -OCH3 is 1. The average molecular weight is 810 g/mol. The van der Waals surface area contributed by atoms with Gasteiger partial charge in [0, 0.05) is 41.6 Å². The van der Waals surface area contributed by atoms with Gasteiger partial charge in [0.1, 0.15) is 29.9 Å². The summed E-state index contributed by atoms with van der Waals surface area (Å²) >= 11 is 1.56. The van der Waals surface area contributed by atoms with E-state index in [1.807, 2.05) is 24.3 Å². The van der Waals surface area contributed by atoms with E-state index in [4.69, 9.17) is 28.4 Å². The van der Waals surface area contributed by atoms with Gasteiger partial charge in [0.15, 0.2) is 9.84 Å². The highest BCUT2D eigenvalue weighted by Crippen LogP contribution is 2.38. The molecule has 1 aliphatic rings. The number of amides is 1. The van der Waals surface area contributed by atoms with E-state index in [9.17, 15) is 18.0 Å². The zero-order valence-corrected chi connectivity index (χ0v) is 33.2. The van der Waals surface area contributed by atoms with Crippen molar-refractivity contribution >= 4 is 78.0 Å². The van der Waals surface area contributed by atoms with E-state index in [1.165, 1.54) is 7.11 Å². The van der Waals surface area contributed by atoms with Crippen molar-refractivity contribution in [3.8, 4) is 5.75 Å². The molecule has 4 aromatic rings. The number of fused-ring (bicyclic) bond motifs is 2. The Hall–Kier alpha value is -3.68. The quantitative estimate of drug-likeness (QED) is 0.0858. The molecule has 1 fully saturated rings. The minimum atomic E-state index is -3.79. The molecule has 15 nitrogen and oxygen atoms in total. The molecule has 5 rings (SSSR count). The van der Waals surface area contributed by atoms with E-state index < -0.39 is 20.6 Å². The van der Waals surface area contributed by atoms with Gasteiger partial charge in [0.05, 0.1) is 79.3 Å².